The molecule has 0 unspecified atom stereocenters. The second-order valence-corrected chi connectivity index (χ2v) is 5.29. The normalized spacial score (nSPS) is 11.0. The van der Waals surface area contributed by atoms with Gasteiger partial charge in [0.05, 0.1) is 5.57 Å². The molecule has 0 saturated carbocycles. The van der Waals surface area contributed by atoms with Crippen molar-refractivity contribution in [2.75, 3.05) is 5.32 Å². The fourth-order valence-corrected chi connectivity index (χ4v) is 2.25. The molecule has 0 bridgehead atoms. The quantitative estimate of drug-likeness (QED) is 0.744. The molecule has 0 aliphatic heterocycles. The van der Waals surface area contributed by atoms with Crippen molar-refractivity contribution in [3.05, 3.63) is 69.3 Å². The van der Waals surface area contributed by atoms with E-state index in [-0.39, 0.29) is 0 Å². The molecule has 100 valence electrons. The highest BCUT2D eigenvalue weighted by molar-refractivity contribution is 6.35. The Kier molecular flexibility index (Phi) is 4.92. The Bertz CT molecular complexity index is 665. The summed E-state index contributed by atoms with van der Waals surface area (Å²) in [4.78, 5) is 0. The van der Waals surface area contributed by atoms with Gasteiger partial charge in [-0.25, -0.2) is 0 Å². The highest BCUT2D eigenvalue weighted by atomic mass is 35.5. The van der Waals surface area contributed by atoms with Gasteiger partial charge < -0.3 is 5.32 Å². The number of nitrogens with zero attached hydrogens (tertiary/aromatic N) is 1. The van der Waals surface area contributed by atoms with Crippen LogP contribution in [-0.2, 0) is 0 Å². The summed E-state index contributed by atoms with van der Waals surface area (Å²) in [5.41, 5.74) is 1.97. The largest absolute Gasteiger partial charge is 0.360 e. The molecule has 2 nitrogen and oxygen atoms in total. The lowest BCUT2D eigenvalue weighted by atomic mass is 10.1. The van der Waals surface area contributed by atoms with Crippen LogP contribution in [0.4, 0.5) is 5.69 Å². The van der Waals surface area contributed by atoms with Crippen LogP contribution < -0.4 is 5.32 Å². The average molecular weight is 324 g/mol. The lowest BCUT2D eigenvalue weighted by Gasteiger charge is -2.04. The van der Waals surface area contributed by atoms with Crippen LogP contribution in [-0.4, -0.2) is 0 Å². The maximum absolute atomic E-state index is 9.19. The molecule has 0 aromatic heterocycles. The molecule has 2 aromatic rings. The summed E-state index contributed by atoms with van der Waals surface area (Å²) < 4.78 is 0. The van der Waals surface area contributed by atoms with Gasteiger partial charge in [0.1, 0.15) is 6.07 Å². The zero-order valence-electron chi connectivity index (χ0n) is 10.2. The second-order valence-electron chi connectivity index (χ2n) is 3.98. The molecule has 0 heterocycles. The number of rotatable bonds is 3. The van der Waals surface area contributed by atoms with Gasteiger partial charge in [-0.1, -0.05) is 46.9 Å². The van der Waals surface area contributed by atoms with Crippen LogP contribution in [0.2, 0.25) is 15.1 Å². The van der Waals surface area contributed by atoms with Crippen LogP contribution in [0.5, 0.6) is 0 Å². The maximum atomic E-state index is 9.19. The number of hydrogen-bond donors (Lipinski definition) is 1. The first-order valence-electron chi connectivity index (χ1n) is 5.67. The van der Waals surface area contributed by atoms with E-state index in [1.165, 1.54) is 0 Å². The molecular weight excluding hydrogens is 315 g/mol. The van der Waals surface area contributed by atoms with E-state index in [0.717, 1.165) is 5.56 Å². The molecule has 0 atom stereocenters. The van der Waals surface area contributed by atoms with Gasteiger partial charge in [0, 0.05) is 27.0 Å². The lowest BCUT2D eigenvalue weighted by molar-refractivity contribution is 1.50. The van der Waals surface area contributed by atoms with Gasteiger partial charge in [0.15, 0.2) is 0 Å². The Labute approximate surface area is 132 Å². The average Bonchev–Trinajstić information content (AvgIpc) is 2.40. The molecule has 0 amide bonds. The molecule has 20 heavy (non-hydrogen) atoms. The molecule has 2 aromatic carbocycles. The first-order chi connectivity index (χ1) is 9.58. The molecule has 0 aliphatic carbocycles. The van der Waals surface area contributed by atoms with Crippen molar-refractivity contribution in [1.29, 1.82) is 5.26 Å². The van der Waals surface area contributed by atoms with Gasteiger partial charge in [0.2, 0.25) is 0 Å². The van der Waals surface area contributed by atoms with E-state index in [4.69, 9.17) is 34.8 Å². The summed E-state index contributed by atoms with van der Waals surface area (Å²) in [5.74, 6) is 0. The monoisotopic (exact) mass is 322 g/mol. The van der Waals surface area contributed by atoms with Crippen LogP contribution in [0, 0.1) is 11.3 Å². The molecule has 0 fully saturated rings. The fourth-order valence-electron chi connectivity index (χ4n) is 1.60. The van der Waals surface area contributed by atoms with Gasteiger partial charge >= 0.3 is 0 Å². The van der Waals surface area contributed by atoms with Gasteiger partial charge in [-0.3, -0.25) is 0 Å². The zero-order valence-corrected chi connectivity index (χ0v) is 12.5. The van der Waals surface area contributed by atoms with Crippen molar-refractivity contribution in [2.24, 2.45) is 0 Å². The third kappa shape index (κ3) is 3.91. The second kappa shape index (κ2) is 6.67. The molecule has 0 saturated heterocycles. The number of hydrogen-bond acceptors (Lipinski definition) is 2. The summed E-state index contributed by atoms with van der Waals surface area (Å²) in [5, 5.41) is 13.9. The Balaban J connectivity index is 2.24. The van der Waals surface area contributed by atoms with Crippen LogP contribution in [0.25, 0.3) is 5.57 Å². The number of benzene rings is 2. The van der Waals surface area contributed by atoms with Crippen molar-refractivity contribution in [2.45, 2.75) is 0 Å². The van der Waals surface area contributed by atoms with Crippen molar-refractivity contribution >= 4 is 46.1 Å². The van der Waals surface area contributed by atoms with Gasteiger partial charge in [-0.15, -0.1) is 0 Å². The zero-order chi connectivity index (χ0) is 14.5. The number of nitriles is 1. The van der Waals surface area contributed by atoms with E-state index in [2.05, 4.69) is 11.4 Å². The van der Waals surface area contributed by atoms with E-state index in [1.54, 1.807) is 48.7 Å². The number of anilines is 1. The van der Waals surface area contributed by atoms with Gasteiger partial charge in [-0.2, -0.15) is 5.26 Å². The lowest BCUT2D eigenvalue weighted by Crippen LogP contribution is -1.91. The first kappa shape index (κ1) is 14.7. The van der Waals surface area contributed by atoms with E-state index >= 15 is 0 Å². The molecule has 5 heteroatoms. The smallest absolute Gasteiger partial charge is 0.101 e. The highest BCUT2D eigenvalue weighted by Crippen LogP contribution is 2.23. The number of allylic oxidation sites excluding steroid dienone is 1. The minimum absolute atomic E-state index is 0.484. The SMILES string of the molecule is N#C/C(=C/Nc1cc(Cl)cc(Cl)c1)c1ccc(Cl)cc1. The van der Waals surface area contributed by atoms with Crippen LogP contribution >= 0.6 is 34.8 Å². The van der Waals surface area contributed by atoms with E-state index in [0.29, 0.717) is 26.3 Å². The Morgan fingerprint density at radius 3 is 2.10 bits per heavy atom. The van der Waals surface area contributed by atoms with Gasteiger partial charge in [0.25, 0.3) is 0 Å². The van der Waals surface area contributed by atoms with E-state index < -0.39 is 0 Å². The van der Waals surface area contributed by atoms with Crippen LogP contribution in [0.1, 0.15) is 5.56 Å². The minimum Gasteiger partial charge on any atom is -0.360 e. The first-order valence-corrected chi connectivity index (χ1v) is 6.81. The van der Waals surface area contributed by atoms with Crippen molar-refractivity contribution in [1.82, 2.24) is 0 Å². The highest BCUT2D eigenvalue weighted by Gasteiger charge is 2.01. The van der Waals surface area contributed by atoms with E-state index in [1.807, 2.05) is 0 Å². The third-order valence-electron chi connectivity index (χ3n) is 2.52. The van der Waals surface area contributed by atoms with E-state index in [9.17, 15) is 5.26 Å². The standard InChI is InChI=1S/C15H9Cl3N2/c16-12-3-1-10(2-4-12)11(8-19)9-20-15-6-13(17)5-14(18)7-15/h1-7,9,20H/b11-9-. The number of nitrogens with one attached hydrogen (secondary N) is 1. The van der Waals surface area contributed by atoms with Crippen LogP contribution in [0.15, 0.2) is 48.7 Å². The fraction of sp³-hybridized carbons (Fsp3) is 0. The molecule has 0 radical (unpaired) electrons. The Morgan fingerprint density at radius 2 is 1.55 bits per heavy atom. The molecule has 2 rings (SSSR count). The van der Waals surface area contributed by atoms with Gasteiger partial charge in [-0.05, 0) is 35.9 Å². The molecule has 0 aliphatic rings. The number of halogens is 3. The summed E-state index contributed by atoms with van der Waals surface area (Å²) in [6.45, 7) is 0. The Morgan fingerprint density at radius 1 is 0.950 bits per heavy atom. The van der Waals surface area contributed by atoms with Crippen LogP contribution in [0.3, 0.4) is 0 Å². The molecule has 1 N–H and O–H groups in total. The Hall–Kier alpha value is -1.66. The minimum atomic E-state index is 0.484. The van der Waals surface area contributed by atoms with Crippen molar-refractivity contribution in [3.8, 4) is 6.07 Å². The summed E-state index contributed by atoms with van der Waals surface area (Å²) >= 11 is 17.6. The van der Waals surface area contributed by atoms with Crippen molar-refractivity contribution < 1.29 is 0 Å². The summed E-state index contributed by atoms with van der Waals surface area (Å²) in [6.07, 6.45) is 1.60. The summed E-state index contributed by atoms with van der Waals surface area (Å²) in [7, 11) is 0. The predicted molar refractivity (Wildman–Crippen MR) is 85.1 cm³/mol. The topological polar surface area (TPSA) is 35.8 Å². The summed E-state index contributed by atoms with van der Waals surface area (Å²) in [6, 6.07) is 14.2. The predicted octanol–water partition coefficient (Wildman–Crippen LogP) is 5.62. The molecular formula is C15H9Cl3N2. The third-order valence-corrected chi connectivity index (χ3v) is 3.21. The van der Waals surface area contributed by atoms with Crippen molar-refractivity contribution in [3.63, 3.8) is 0 Å². The molecule has 0 spiro atoms. The maximum Gasteiger partial charge on any atom is 0.101 e.